The lowest BCUT2D eigenvalue weighted by atomic mass is 10.1. The Bertz CT molecular complexity index is 460. The molecular weight excluding hydrogens is 364 g/mol. The maximum atomic E-state index is 12.5. The Hall–Kier alpha value is -1.00. The molecule has 1 rings (SSSR count). The van der Waals surface area contributed by atoms with Gasteiger partial charge in [0.15, 0.2) is 5.69 Å². The average Bonchev–Trinajstić information content (AvgIpc) is 2.14. The fourth-order valence-electron chi connectivity index (χ4n) is 1.14. The average molecular weight is 367 g/mol. The maximum Gasteiger partial charge on any atom is 0.433 e. The molecule has 0 bridgehead atoms. The van der Waals surface area contributed by atoms with E-state index in [-0.39, 0.29) is 3.70 Å². The van der Waals surface area contributed by atoms with E-state index in [1.54, 1.807) is 0 Å². The molecule has 0 aliphatic carbocycles. The van der Waals surface area contributed by atoms with Crippen molar-refractivity contribution in [2.75, 3.05) is 0 Å². The van der Waals surface area contributed by atoms with Crippen LogP contribution in [0.3, 0.4) is 0 Å². The van der Waals surface area contributed by atoms with Crippen molar-refractivity contribution in [3.63, 3.8) is 0 Å². The van der Waals surface area contributed by atoms with Gasteiger partial charge in [-0.3, -0.25) is 0 Å². The van der Waals surface area contributed by atoms with E-state index in [4.69, 9.17) is 5.11 Å². The molecule has 17 heavy (non-hydrogen) atoms. The summed E-state index contributed by atoms with van der Waals surface area (Å²) in [5.41, 5.74) is -4.56. The molecular formula is C8H3F5INO2. The van der Waals surface area contributed by atoms with Gasteiger partial charge in [0.25, 0.3) is 6.43 Å². The van der Waals surface area contributed by atoms with Gasteiger partial charge in [-0.05, 0) is 28.7 Å². The number of pyridine rings is 1. The van der Waals surface area contributed by atoms with Crippen LogP contribution in [0.15, 0.2) is 6.07 Å². The van der Waals surface area contributed by atoms with Crippen molar-refractivity contribution in [3.05, 3.63) is 26.6 Å². The topological polar surface area (TPSA) is 50.2 Å². The van der Waals surface area contributed by atoms with Crippen LogP contribution >= 0.6 is 22.6 Å². The Morgan fingerprint density at radius 1 is 1.41 bits per heavy atom. The van der Waals surface area contributed by atoms with Crippen LogP contribution in [0, 0.1) is 3.70 Å². The quantitative estimate of drug-likeness (QED) is 0.496. The third-order valence-electron chi connectivity index (χ3n) is 1.74. The normalized spacial score (nSPS) is 11.9. The van der Waals surface area contributed by atoms with Gasteiger partial charge in [0, 0.05) is 0 Å². The van der Waals surface area contributed by atoms with Crippen LogP contribution in [0.5, 0.6) is 0 Å². The molecule has 0 aliphatic heterocycles. The van der Waals surface area contributed by atoms with E-state index in [9.17, 15) is 26.7 Å². The summed E-state index contributed by atoms with van der Waals surface area (Å²) in [5, 5.41) is 8.60. The number of hydrogen-bond acceptors (Lipinski definition) is 2. The molecule has 9 heteroatoms. The lowest BCUT2D eigenvalue weighted by Crippen LogP contribution is -2.17. The summed E-state index contributed by atoms with van der Waals surface area (Å²) < 4.78 is 62.0. The third kappa shape index (κ3) is 3.01. The van der Waals surface area contributed by atoms with Crippen LogP contribution in [0.25, 0.3) is 0 Å². The van der Waals surface area contributed by atoms with Crippen molar-refractivity contribution >= 4 is 28.6 Å². The summed E-state index contributed by atoms with van der Waals surface area (Å²) >= 11 is 1.33. The molecule has 0 aromatic carbocycles. The Kier molecular flexibility index (Phi) is 3.89. The van der Waals surface area contributed by atoms with E-state index in [0.29, 0.717) is 6.07 Å². The standard InChI is InChI=1S/C8H3F5INO2/c9-6(10)4-2(7(16)17)1-3(14)15-5(4)8(11,12)13/h1,6H,(H,16,17). The number of aromatic nitrogens is 1. The number of aromatic carboxylic acids is 1. The van der Waals surface area contributed by atoms with Crippen LogP contribution in [-0.2, 0) is 6.18 Å². The number of nitrogens with zero attached hydrogens (tertiary/aromatic N) is 1. The first-order valence-corrected chi connectivity index (χ1v) is 5.01. The van der Waals surface area contributed by atoms with Gasteiger partial charge in [0.05, 0.1) is 11.1 Å². The summed E-state index contributed by atoms with van der Waals surface area (Å²) in [4.78, 5) is 13.6. The first-order chi connectivity index (χ1) is 7.64. The molecule has 1 N–H and O–H groups in total. The number of rotatable bonds is 2. The van der Waals surface area contributed by atoms with Gasteiger partial charge in [-0.2, -0.15) is 13.2 Å². The van der Waals surface area contributed by atoms with Crippen molar-refractivity contribution in [3.8, 4) is 0 Å². The summed E-state index contributed by atoms with van der Waals surface area (Å²) in [5.74, 6) is -1.86. The van der Waals surface area contributed by atoms with Gasteiger partial charge in [0.1, 0.15) is 3.70 Å². The Balaban J connectivity index is 3.64. The van der Waals surface area contributed by atoms with Crippen LogP contribution in [0.4, 0.5) is 22.0 Å². The van der Waals surface area contributed by atoms with Crippen LogP contribution in [0.1, 0.15) is 28.0 Å². The summed E-state index contributed by atoms with van der Waals surface area (Å²) in [6, 6.07) is 0.666. The Morgan fingerprint density at radius 2 is 1.94 bits per heavy atom. The molecule has 0 aliphatic rings. The highest BCUT2D eigenvalue weighted by atomic mass is 127. The fourth-order valence-corrected chi connectivity index (χ4v) is 1.69. The van der Waals surface area contributed by atoms with Crippen LogP contribution in [-0.4, -0.2) is 16.1 Å². The first-order valence-electron chi connectivity index (χ1n) is 3.93. The fraction of sp³-hybridized carbons (Fsp3) is 0.250. The molecule has 0 unspecified atom stereocenters. The molecule has 3 nitrogen and oxygen atoms in total. The second-order valence-corrected chi connectivity index (χ2v) is 3.96. The van der Waals surface area contributed by atoms with E-state index in [1.807, 2.05) is 0 Å². The van der Waals surface area contributed by atoms with Gasteiger partial charge >= 0.3 is 12.1 Å². The van der Waals surface area contributed by atoms with Crippen molar-refractivity contribution in [2.24, 2.45) is 0 Å². The smallest absolute Gasteiger partial charge is 0.433 e. The highest BCUT2D eigenvalue weighted by Gasteiger charge is 2.40. The summed E-state index contributed by atoms with van der Waals surface area (Å²) in [7, 11) is 0. The van der Waals surface area contributed by atoms with Gasteiger partial charge in [-0.25, -0.2) is 18.6 Å². The van der Waals surface area contributed by atoms with Gasteiger partial charge < -0.3 is 5.11 Å². The highest BCUT2D eigenvalue weighted by Crippen LogP contribution is 2.37. The third-order valence-corrected chi connectivity index (χ3v) is 2.30. The molecule has 0 saturated heterocycles. The molecule has 0 fully saturated rings. The molecule has 0 radical (unpaired) electrons. The lowest BCUT2D eigenvalue weighted by Gasteiger charge is -2.14. The predicted octanol–water partition coefficient (Wildman–Crippen LogP) is 3.34. The Morgan fingerprint density at radius 3 is 2.29 bits per heavy atom. The Labute approximate surface area is 105 Å². The number of carboxylic acids is 1. The second kappa shape index (κ2) is 4.70. The maximum absolute atomic E-state index is 12.5. The minimum Gasteiger partial charge on any atom is -0.478 e. The van der Waals surface area contributed by atoms with Crippen LogP contribution in [0.2, 0.25) is 0 Å². The van der Waals surface area contributed by atoms with Gasteiger partial charge in [-0.1, -0.05) is 0 Å². The van der Waals surface area contributed by atoms with Crippen LogP contribution < -0.4 is 0 Å². The van der Waals surface area contributed by atoms with Crippen molar-refractivity contribution < 1.29 is 31.9 Å². The molecule has 1 aromatic rings. The summed E-state index contributed by atoms with van der Waals surface area (Å²) in [6.45, 7) is 0. The minimum atomic E-state index is -5.13. The van der Waals surface area contributed by atoms with Gasteiger partial charge in [0.2, 0.25) is 0 Å². The number of alkyl halides is 5. The molecule has 0 atom stereocenters. The minimum absolute atomic E-state index is 0.322. The van der Waals surface area contributed by atoms with E-state index in [0.717, 1.165) is 0 Å². The van der Waals surface area contributed by atoms with E-state index in [1.165, 1.54) is 22.6 Å². The zero-order valence-electron chi connectivity index (χ0n) is 7.73. The van der Waals surface area contributed by atoms with Gasteiger partial charge in [-0.15, -0.1) is 0 Å². The molecule has 0 saturated carbocycles. The number of hydrogen-bond donors (Lipinski definition) is 1. The molecule has 0 spiro atoms. The summed E-state index contributed by atoms with van der Waals surface area (Å²) in [6.07, 6.45) is -8.70. The zero-order valence-corrected chi connectivity index (χ0v) is 9.88. The lowest BCUT2D eigenvalue weighted by molar-refractivity contribution is -0.143. The number of carbonyl (C=O) groups is 1. The molecule has 0 amide bonds. The largest absolute Gasteiger partial charge is 0.478 e. The van der Waals surface area contributed by atoms with Crippen molar-refractivity contribution in [2.45, 2.75) is 12.6 Å². The molecule has 1 aromatic heterocycles. The highest BCUT2D eigenvalue weighted by molar-refractivity contribution is 14.1. The van der Waals surface area contributed by atoms with E-state index < -0.39 is 35.4 Å². The second-order valence-electron chi connectivity index (χ2n) is 2.86. The molecule has 94 valence electrons. The van der Waals surface area contributed by atoms with E-state index >= 15 is 0 Å². The number of halogens is 6. The van der Waals surface area contributed by atoms with Crippen molar-refractivity contribution in [1.29, 1.82) is 0 Å². The van der Waals surface area contributed by atoms with Crippen molar-refractivity contribution in [1.82, 2.24) is 4.98 Å². The first kappa shape index (κ1) is 14.1. The molecule has 1 heterocycles. The predicted molar refractivity (Wildman–Crippen MR) is 53.9 cm³/mol. The zero-order chi connectivity index (χ0) is 13.4. The van der Waals surface area contributed by atoms with E-state index in [2.05, 4.69) is 4.98 Å². The monoisotopic (exact) mass is 367 g/mol. The number of carboxylic acid groups (broad SMARTS) is 1. The SMILES string of the molecule is O=C(O)c1cc(I)nc(C(F)(F)F)c1C(F)F.